The van der Waals surface area contributed by atoms with Crippen LogP contribution in [-0.2, 0) is 11.2 Å². The lowest BCUT2D eigenvalue weighted by Crippen LogP contribution is -2.28. The fourth-order valence-electron chi connectivity index (χ4n) is 3.82. The van der Waals surface area contributed by atoms with E-state index in [1.165, 1.54) is 11.1 Å². The van der Waals surface area contributed by atoms with Gasteiger partial charge in [-0.3, -0.25) is 4.79 Å². The third-order valence-electron chi connectivity index (χ3n) is 5.16. The number of aromatic hydroxyl groups is 1. The zero-order chi connectivity index (χ0) is 16.0. The molecule has 0 aromatic heterocycles. The van der Waals surface area contributed by atoms with Gasteiger partial charge in [0.05, 0.1) is 6.04 Å². The average molecular weight is 307 g/mol. The first kappa shape index (κ1) is 14.3. The molecule has 0 aliphatic heterocycles. The van der Waals surface area contributed by atoms with Crippen LogP contribution < -0.4 is 5.32 Å². The highest BCUT2D eigenvalue weighted by Gasteiger charge is 2.44. The molecular formula is C20H21NO2. The van der Waals surface area contributed by atoms with E-state index in [0.717, 1.165) is 30.4 Å². The lowest BCUT2D eigenvalue weighted by molar-refractivity contribution is -0.123. The van der Waals surface area contributed by atoms with E-state index < -0.39 is 0 Å². The molecule has 2 aliphatic carbocycles. The van der Waals surface area contributed by atoms with E-state index in [0.29, 0.717) is 11.7 Å². The van der Waals surface area contributed by atoms with Crippen LogP contribution in [0.15, 0.2) is 42.5 Å². The number of rotatable bonds is 3. The van der Waals surface area contributed by atoms with Gasteiger partial charge in [-0.05, 0) is 54.9 Å². The quantitative estimate of drug-likeness (QED) is 0.910. The predicted octanol–water partition coefficient (Wildman–Crippen LogP) is 3.61. The topological polar surface area (TPSA) is 49.3 Å². The summed E-state index contributed by atoms with van der Waals surface area (Å²) < 4.78 is 0. The molecule has 23 heavy (non-hydrogen) atoms. The maximum atomic E-state index is 12.6. The summed E-state index contributed by atoms with van der Waals surface area (Å²) in [6.07, 6.45) is 2.65. The van der Waals surface area contributed by atoms with Crippen molar-refractivity contribution in [2.45, 2.75) is 38.1 Å². The highest BCUT2D eigenvalue weighted by molar-refractivity contribution is 5.83. The molecule has 1 saturated carbocycles. The molecule has 3 heteroatoms. The maximum absolute atomic E-state index is 12.6. The molecule has 1 fully saturated rings. The zero-order valence-corrected chi connectivity index (χ0v) is 13.3. The van der Waals surface area contributed by atoms with Crippen molar-refractivity contribution < 1.29 is 9.90 Å². The number of carbonyl (C=O) groups excluding carboxylic acids is 1. The van der Waals surface area contributed by atoms with E-state index in [1.54, 1.807) is 6.07 Å². The Bertz CT molecular complexity index is 768. The molecular weight excluding hydrogens is 286 g/mol. The van der Waals surface area contributed by atoms with Crippen molar-refractivity contribution in [1.82, 2.24) is 5.32 Å². The lowest BCUT2D eigenvalue weighted by atomic mass is 10.1. The number of carbonyl (C=O) groups is 1. The summed E-state index contributed by atoms with van der Waals surface area (Å²) in [6.45, 7) is 2.09. The Morgan fingerprint density at radius 2 is 2.04 bits per heavy atom. The third-order valence-corrected chi connectivity index (χ3v) is 5.16. The zero-order valence-electron chi connectivity index (χ0n) is 13.3. The second-order valence-electron chi connectivity index (χ2n) is 6.81. The lowest BCUT2D eigenvalue weighted by Gasteiger charge is -2.14. The summed E-state index contributed by atoms with van der Waals surface area (Å²) in [5, 5.41) is 13.1. The molecule has 0 radical (unpaired) electrons. The standard InChI is InChI=1S/C20H21NO2/c1-12-4-2-5-13(10-12)16-11-17(16)20(23)21-18-9-8-15-14(18)6-3-7-19(15)22/h2-7,10,16-18,22H,8-9,11H2,1H3,(H,21,23). The number of nitrogens with one attached hydrogen (secondary N) is 1. The first-order chi connectivity index (χ1) is 11.1. The Morgan fingerprint density at radius 1 is 1.22 bits per heavy atom. The number of phenolic OH excluding ortho intramolecular Hbond substituents is 1. The number of hydrogen-bond donors (Lipinski definition) is 2. The van der Waals surface area contributed by atoms with Gasteiger partial charge in [0.25, 0.3) is 0 Å². The van der Waals surface area contributed by atoms with Crippen molar-refractivity contribution in [1.29, 1.82) is 0 Å². The minimum Gasteiger partial charge on any atom is -0.508 e. The number of fused-ring (bicyclic) bond motifs is 1. The Balaban J connectivity index is 1.44. The molecule has 0 bridgehead atoms. The molecule has 0 heterocycles. The summed E-state index contributed by atoms with van der Waals surface area (Å²) >= 11 is 0. The normalized spacial score (nSPS) is 25.0. The van der Waals surface area contributed by atoms with Gasteiger partial charge in [-0.2, -0.15) is 0 Å². The second kappa shape index (κ2) is 5.41. The molecule has 2 aliphatic rings. The SMILES string of the molecule is Cc1cccc(C2CC2C(=O)NC2CCc3c(O)cccc32)c1. The summed E-state index contributed by atoms with van der Waals surface area (Å²) in [6, 6.07) is 14.1. The van der Waals surface area contributed by atoms with Gasteiger partial charge >= 0.3 is 0 Å². The van der Waals surface area contributed by atoms with Gasteiger partial charge in [-0.25, -0.2) is 0 Å². The monoisotopic (exact) mass is 307 g/mol. The molecule has 1 amide bonds. The third kappa shape index (κ3) is 2.61. The smallest absolute Gasteiger partial charge is 0.224 e. The molecule has 2 aromatic carbocycles. The molecule has 3 unspecified atom stereocenters. The number of benzene rings is 2. The summed E-state index contributed by atoms with van der Waals surface area (Å²) in [7, 11) is 0. The molecule has 3 atom stereocenters. The van der Waals surface area contributed by atoms with E-state index in [2.05, 4.69) is 36.5 Å². The van der Waals surface area contributed by atoms with E-state index >= 15 is 0 Å². The van der Waals surface area contributed by atoms with Crippen LogP contribution in [0.5, 0.6) is 5.75 Å². The average Bonchev–Trinajstić information content (AvgIpc) is 3.24. The molecule has 2 N–H and O–H groups in total. The fourth-order valence-corrected chi connectivity index (χ4v) is 3.82. The largest absolute Gasteiger partial charge is 0.508 e. The Labute approximate surface area is 136 Å². The second-order valence-corrected chi connectivity index (χ2v) is 6.81. The van der Waals surface area contributed by atoms with Gasteiger partial charge in [-0.15, -0.1) is 0 Å². The number of hydrogen-bond acceptors (Lipinski definition) is 2. The van der Waals surface area contributed by atoms with E-state index in [-0.39, 0.29) is 17.9 Å². The van der Waals surface area contributed by atoms with Crippen molar-refractivity contribution in [2.75, 3.05) is 0 Å². The van der Waals surface area contributed by atoms with Crippen molar-refractivity contribution in [3.8, 4) is 5.75 Å². The van der Waals surface area contributed by atoms with Crippen molar-refractivity contribution >= 4 is 5.91 Å². The number of phenols is 1. The molecule has 118 valence electrons. The Hall–Kier alpha value is -2.29. The molecule has 2 aromatic rings. The fraction of sp³-hybridized carbons (Fsp3) is 0.350. The van der Waals surface area contributed by atoms with Crippen molar-refractivity contribution in [3.63, 3.8) is 0 Å². The van der Waals surface area contributed by atoms with Crippen LogP contribution in [-0.4, -0.2) is 11.0 Å². The maximum Gasteiger partial charge on any atom is 0.224 e. The van der Waals surface area contributed by atoms with Crippen molar-refractivity contribution in [3.05, 3.63) is 64.7 Å². The van der Waals surface area contributed by atoms with Crippen LogP contribution in [0.2, 0.25) is 0 Å². The van der Waals surface area contributed by atoms with Gasteiger partial charge < -0.3 is 10.4 Å². The molecule has 0 spiro atoms. The van der Waals surface area contributed by atoms with Crippen LogP contribution in [0.25, 0.3) is 0 Å². The van der Waals surface area contributed by atoms with Gasteiger partial charge in [0.15, 0.2) is 0 Å². The van der Waals surface area contributed by atoms with Crippen LogP contribution in [0.4, 0.5) is 0 Å². The first-order valence-electron chi connectivity index (χ1n) is 8.31. The Morgan fingerprint density at radius 3 is 2.87 bits per heavy atom. The van der Waals surface area contributed by atoms with Crippen LogP contribution in [0.3, 0.4) is 0 Å². The molecule has 4 rings (SSSR count). The highest BCUT2D eigenvalue weighted by atomic mass is 16.3. The summed E-state index contributed by atoms with van der Waals surface area (Å²) in [5.74, 6) is 0.958. The molecule has 0 saturated heterocycles. The Kier molecular flexibility index (Phi) is 3.37. The van der Waals surface area contributed by atoms with Crippen LogP contribution >= 0.6 is 0 Å². The summed E-state index contributed by atoms with van der Waals surface area (Å²) in [5.41, 5.74) is 4.58. The highest BCUT2D eigenvalue weighted by Crippen LogP contribution is 2.48. The van der Waals surface area contributed by atoms with E-state index in [9.17, 15) is 9.90 Å². The minimum absolute atomic E-state index is 0.0448. The number of amides is 1. The van der Waals surface area contributed by atoms with Gasteiger partial charge in [0, 0.05) is 5.92 Å². The van der Waals surface area contributed by atoms with E-state index in [1.807, 2.05) is 12.1 Å². The van der Waals surface area contributed by atoms with Crippen LogP contribution in [0, 0.1) is 12.8 Å². The van der Waals surface area contributed by atoms with Crippen molar-refractivity contribution in [2.24, 2.45) is 5.92 Å². The van der Waals surface area contributed by atoms with Gasteiger partial charge in [-0.1, -0.05) is 42.0 Å². The predicted molar refractivity (Wildman–Crippen MR) is 89.3 cm³/mol. The van der Waals surface area contributed by atoms with Gasteiger partial charge in [0.1, 0.15) is 5.75 Å². The summed E-state index contributed by atoms with van der Waals surface area (Å²) in [4.78, 5) is 12.6. The van der Waals surface area contributed by atoms with E-state index in [4.69, 9.17) is 0 Å². The van der Waals surface area contributed by atoms with Crippen LogP contribution in [0.1, 0.15) is 47.1 Å². The number of aryl methyl sites for hydroxylation is 1. The van der Waals surface area contributed by atoms with Gasteiger partial charge in [0.2, 0.25) is 5.91 Å². The first-order valence-corrected chi connectivity index (χ1v) is 8.31. The minimum atomic E-state index is 0.0448. The molecule has 3 nitrogen and oxygen atoms in total.